The quantitative estimate of drug-likeness (QED) is 0.644. The molecule has 1 unspecified atom stereocenters. The van der Waals surface area contributed by atoms with Gasteiger partial charge in [-0.2, -0.15) is 0 Å². The molecule has 4 heterocycles. The van der Waals surface area contributed by atoms with Gasteiger partial charge in [0.25, 0.3) is 0 Å². The Kier molecular flexibility index (Phi) is 5.26. The standard InChI is InChI=1S/C19H29N5O2/c1-20-18(24-6-3-19(14-24)4-9-26-15-19)22-13-16-2-5-21-17(12-16)23-7-10-25-11-8-23/h2,5,12H,3-4,6-11,13-15H2,1H3,(H,20,22). The Balaban J connectivity index is 1.35. The lowest BCUT2D eigenvalue weighted by atomic mass is 9.87. The third kappa shape index (κ3) is 3.78. The minimum atomic E-state index is 0.345. The monoisotopic (exact) mass is 359 g/mol. The molecular formula is C19H29N5O2. The van der Waals surface area contributed by atoms with E-state index in [1.54, 1.807) is 0 Å². The summed E-state index contributed by atoms with van der Waals surface area (Å²) in [6, 6.07) is 4.24. The Bertz CT molecular complexity index is 639. The number of morpholine rings is 1. The molecule has 0 radical (unpaired) electrons. The van der Waals surface area contributed by atoms with E-state index in [2.05, 4.69) is 37.2 Å². The number of aliphatic imine (C=N–C) groups is 1. The van der Waals surface area contributed by atoms with Gasteiger partial charge in [-0.3, -0.25) is 4.99 Å². The van der Waals surface area contributed by atoms with E-state index in [-0.39, 0.29) is 0 Å². The molecule has 3 aliphatic heterocycles. The molecule has 142 valence electrons. The number of anilines is 1. The molecule has 0 aliphatic carbocycles. The van der Waals surface area contributed by atoms with Gasteiger partial charge >= 0.3 is 0 Å². The van der Waals surface area contributed by atoms with E-state index < -0.39 is 0 Å². The summed E-state index contributed by atoms with van der Waals surface area (Å²) in [4.78, 5) is 13.7. The molecule has 1 aromatic rings. The van der Waals surface area contributed by atoms with Crippen LogP contribution in [0.1, 0.15) is 18.4 Å². The maximum absolute atomic E-state index is 5.64. The van der Waals surface area contributed by atoms with E-state index in [4.69, 9.17) is 9.47 Å². The van der Waals surface area contributed by atoms with E-state index in [0.29, 0.717) is 5.41 Å². The highest BCUT2D eigenvalue weighted by Gasteiger charge is 2.42. The zero-order chi connectivity index (χ0) is 17.8. The molecule has 0 aromatic carbocycles. The fourth-order valence-corrected chi connectivity index (χ4v) is 4.14. The van der Waals surface area contributed by atoms with Gasteiger partial charge in [0.05, 0.1) is 19.8 Å². The lowest BCUT2D eigenvalue weighted by molar-refractivity contribution is 0.122. The molecule has 7 nitrogen and oxygen atoms in total. The van der Waals surface area contributed by atoms with Crippen molar-refractivity contribution >= 4 is 11.8 Å². The largest absolute Gasteiger partial charge is 0.381 e. The Morgan fingerprint density at radius 2 is 2.12 bits per heavy atom. The maximum Gasteiger partial charge on any atom is 0.193 e. The Hall–Kier alpha value is -1.86. The summed E-state index contributed by atoms with van der Waals surface area (Å²) in [5, 5.41) is 3.53. The molecule has 3 aliphatic rings. The highest BCUT2D eigenvalue weighted by molar-refractivity contribution is 5.80. The average Bonchev–Trinajstić information content (AvgIpc) is 3.33. The summed E-state index contributed by atoms with van der Waals surface area (Å²) < 4.78 is 11.1. The van der Waals surface area contributed by atoms with Gasteiger partial charge in [-0.15, -0.1) is 0 Å². The first-order valence-corrected chi connectivity index (χ1v) is 9.59. The van der Waals surface area contributed by atoms with Crippen molar-refractivity contribution in [2.75, 3.05) is 64.6 Å². The van der Waals surface area contributed by atoms with Gasteiger partial charge in [0.1, 0.15) is 5.82 Å². The molecule has 0 bridgehead atoms. The van der Waals surface area contributed by atoms with Crippen LogP contribution in [-0.4, -0.2) is 75.5 Å². The first-order chi connectivity index (χ1) is 12.8. The van der Waals surface area contributed by atoms with Crippen LogP contribution in [0.2, 0.25) is 0 Å². The van der Waals surface area contributed by atoms with Crippen molar-refractivity contribution in [1.82, 2.24) is 15.2 Å². The van der Waals surface area contributed by atoms with Gasteiger partial charge in [-0.1, -0.05) is 0 Å². The minimum Gasteiger partial charge on any atom is -0.381 e. The average molecular weight is 359 g/mol. The Morgan fingerprint density at radius 3 is 2.88 bits per heavy atom. The van der Waals surface area contributed by atoms with Gasteiger partial charge in [-0.05, 0) is 30.5 Å². The lowest BCUT2D eigenvalue weighted by Gasteiger charge is -2.28. The smallest absolute Gasteiger partial charge is 0.193 e. The number of nitrogens with one attached hydrogen (secondary N) is 1. The Morgan fingerprint density at radius 1 is 1.23 bits per heavy atom. The van der Waals surface area contributed by atoms with E-state index in [1.807, 2.05) is 13.2 Å². The molecule has 1 atom stereocenters. The lowest BCUT2D eigenvalue weighted by Crippen LogP contribution is -2.41. The van der Waals surface area contributed by atoms with Crippen LogP contribution in [0.15, 0.2) is 23.3 Å². The second-order valence-corrected chi connectivity index (χ2v) is 7.50. The van der Waals surface area contributed by atoms with Crippen molar-refractivity contribution in [2.24, 2.45) is 10.4 Å². The summed E-state index contributed by atoms with van der Waals surface area (Å²) in [6.45, 7) is 8.02. The van der Waals surface area contributed by atoms with Crippen LogP contribution < -0.4 is 10.2 Å². The number of hydrogen-bond donors (Lipinski definition) is 1. The summed E-state index contributed by atoms with van der Waals surface area (Å²) >= 11 is 0. The van der Waals surface area contributed by atoms with Crippen LogP contribution in [-0.2, 0) is 16.0 Å². The third-order valence-corrected chi connectivity index (χ3v) is 5.73. The van der Waals surface area contributed by atoms with Crippen LogP contribution >= 0.6 is 0 Å². The number of nitrogens with zero attached hydrogens (tertiary/aromatic N) is 4. The topological polar surface area (TPSA) is 62.2 Å². The number of pyridine rings is 1. The molecule has 1 spiro atoms. The highest BCUT2D eigenvalue weighted by Crippen LogP contribution is 2.38. The third-order valence-electron chi connectivity index (χ3n) is 5.73. The first kappa shape index (κ1) is 17.5. The summed E-state index contributed by atoms with van der Waals surface area (Å²) in [5.41, 5.74) is 1.57. The molecule has 3 fully saturated rings. The summed E-state index contributed by atoms with van der Waals surface area (Å²) in [6.07, 6.45) is 4.27. The van der Waals surface area contributed by atoms with Crippen molar-refractivity contribution in [2.45, 2.75) is 19.4 Å². The van der Waals surface area contributed by atoms with E-state index >= 15 is 0 Å². The van der Waals surface area contributed by atoms with Gasteiger partial charge in [0.15, 0.2) is 5.96 Å². The van der Waals surface area contributed by atoms with Crippen LogP contribution in [0.5, 0.6) is 0 Å². The molecule has 1 aromatic heterocycles. The van der Waals surface area contributed by atoms with Crippen molar-refractivity contribution in [1.29, 1.82) is 0 Å². The fourth-order valence-electron chi connectivity index (χ4n) is 4.14. The molecule has 7 heteroatoms. The Labute approximate surface area is 155 Å². The van der Waals surface area contributed by atoms with Crippen LogP contribution in [0.3, 0.4) is 0 Å². The van der Waals surface area contributed by atoms with Gasteiger partial charge in [0, 0.05) is 58.0 Å². The van der Waals surface area contributed by atoms with Crippen LogP contribution in [0, 0.1) is 5.41 Å². The van der Waals surface area contributed by atoms with E-state index in [0.717, 1.165) is 70.9 Å². The molecule has 26 heavy (non-hydrogen) atoms. The normalized spacial score (nSPS) is 26.7. The molecule has 1 N–H and O–H groups in total. The number of hydrogen-bond acceptors (Lipinski definition) is 5. The summed E-state index contributed by atoms with van der Waals surface area (Å²) in [5.74, 6) is 2.02. The molecule has 0 saturated carbocycles. The predicted octanol–water partition coefficient (Wildman–Crippen LogP) is 1.11. The van der Waals surface area contributed by atoms with Crippen molar-refractivity contribution < 1.29 is 9.47 Å². The molecular weight excluding hydrogens is 330 g/mol. The zero-order valence-corrected chi connectivity index (χ0v) is 15.6. The SMILES string of the molecule is CN=C(NCc1ccnc(N2CCOCC2)c1)N1CCC2(CCOC2)C1. The van der Waals surface area contributed by atoms with Gasteiger partial charge in [0.2, 0.25) is 0 Å². The molecule has 0 amide bonds. The van der Waals surface area contributed by atoms with E-state index in [1.165, 1.54) is 18.4 Å². The number of ether oxygens (including phenoxy) is 2. The van der Waals surface area contributed by atoms with Crippen molar-refractivity contribution in [3.8, 4) is 0 Å². The maximum atomic E-state index is 5.64. The van der Waals surface area contributed by atoms with Crippen molar-refractivity contribution in [3.63, 3.8) is 0 Å². The van der Waals surface area contributed by atoms with Gasteiger partial charge in [-0.25, -0.2) is 4.98 Å². The zero-order valence-electron chi connectivity index (χ0n) is 15.6. The van der Waals surface area contributed by atoms with Crippen LogP contribution in [0.25, 0.3) is 0 Å². The highest BCUT2D eigenvalue weighted by atomic mass is 16.5. The predicted molar refractivity (Wildman–Crippen MR) is 102 cm³/mol. The van der Waals surface area contributed by atoms with Crippen molar-refractivity contribution in [3.05, 3.63) is 23.9 Å². The number of rotatable bonds is 3. The minimum absolute atomic E-state index is 0.345. The first-order valence-electron chi connectivity index (χ1n) is 9.59. The molecule has 4 rings (SSSR count). The van der Waals surface area contributed by atoms with E-state index in [9.17, 15) is 0 Å². The van der Waals surface area contributed by atoms with Gasteiger partial charge < -0.3 is 24.6 Å². The summed E-state index contributed by atoms with van der Waals surface area (Å²) in [7, 11) is 1.87. The molecule has 3 saturated heterocycles. The second-order valence-electron chi connectivity index (χ2n) is 7.50. The fraction of sp³-hybridized carbons (Fsp3) is 0.684. The number of likely N-dealkylation sites (tertiary alicyclic amines) is 1. The second kappa shape index (κ2) is 7.80. The number of aromatic nitrogens is 1. The number of guanidine groups is 1. The van der Waals surface area contributed by atoms with Crippen LogP contribution in [0.4, 0.5) is 5.82 Å².